The molecule has 1 heterocycles. The standard InChI is InChI=1S/C16H19NO3S/c1-4-10(2)20-9-12-6-5-7-13(8-12)15-17-11(3)14(21-15)16(18)19/h5-8,10H,4,9H2,1-3H3,(H,18,19). The summed E-state index contributed by atoms with van der Waals surface area (Å²) in [7, 11) is 0. The molecule has 0 aliphatic carbocycles. The zero-order valence-electron chi connectivity index (χ0n) is 12.4. The molecule has 0 amide bonds. The number of benzene rings is 1. The molecule has 2 aromatic rings. The first-order chi connectivity index (χ1) is 10.0. The number of hydrogen-bond donors (Lipinski definition) is 1. The number of thiazole rings is 1. The molecule has 112 valence electrons. The van der Waals surface area contributed by atoms with E-state index in [4.69, 9.17) is 9.84 Å². The molecular formula is C16H19NO3S. The first-order valence-corrected chi connectivity index (χ1v) is 7.74. The van der Waals surface area contributed by atoms with Crippen LogP contribution in [0, 0.1) is 6.92 Å². The Morgan fingerprint density at radius 1 is 1.48 bits per heavy atom. The summed E-state index contributed by atoms with van der Waals surface area (Å²) in [5.74, 6) is -0.924. The van der Waals surface area contributed by atoms with Crippen molar-refractivity contribution in [2.75, 3.05) is 0 Å². The van der Waals surface area contributed by atoms with Crippen LogP contribution in [0.2, 0.25) is 0 Å². The summed E-state index contributed by atoms with van der Waals surface area (Å²) in [6.07, 6.45) is 1.21. The maximum absolute atomic E-state index is 11.1. The van der Waals surface area contributed by atoms with Crippen LogP contribution >= 0.6 is 11.3 Å². The number of carboxylic acid groups (broad SMARTS) is 1. The van der Waals surface area contributed by atoms with Crippen LogP contribution < -0.4 is 0 Å². The number of hydrogen-bond acceptors (Lipinski definition) is 4. The predicted molar refractivity (Wildman–Crippen MR) is 83.8 cm³/mol. The van der Waals surface area contributed by atoms with Gasteiger partial charge in [-0.3, -0.25) is 0 Å². The number of ether oxygens (including phenoxy) is 1. The molecule has 0 radical (unpaired) electrons. The molecule has 21 heavy (non-hydrogen) atoms. The zero-order chi connectivity index (χ0) is 15.4. The highest BCUT2D eigenvalue weighted by molar-refractivity contribution is 7.17. The highest BCUT2D eigenvalue weighted by atomic mass is 32.1. The molecule has 0 saturated carbocycles. The second kappa shape index (κ2) is 6.83. The predicted octanol–water partition coefficient (Wildman–Crippen LogP) is 4.13. The third-order valence-corrected chi connectivity index (χ3v) is 4.47. The Hall–Kier alpha value is -1.72. The van der Waals surface area contributed by atoms with Gasteiger partial charge >= 0.3 is 5.97 Å². The molecule has 1 atom stereocenters. The molecule has 1 aromatic heterocycles. The van der Waals surface area contributed by atoms with E-state index in [0.29, 0.717) is 17.2 Å². The van der Waals surface area contributed by atoms with Gasteiger partial charge in [0, 0.05) is 5.56 Å². The monoisotopic (exact) mass is 305 g/mol. The lowest BCUT2D eigenvalue weighted by molar-refractivity contribution is 0.0509. The highest BCUT2D eigenvalue weighted by Gasteiger charge is 2.15. The quantitative estimate of drug-likeness (QED) is 0.871. The number of carboxylic acids is 1. The van der Waals surface area contributed by atoms with Crippen molar-refractivity contribution >= 4 is 17.3 Å². The van der Waals surface area contributed by atoms with Crippen molar-refractivity contribution in [2.24, 2.45) is 0 Å². The van der Waals surface area contributed by atoms with E-state index in [9.17, 15) is 4.79 Å². The fraction of sp³-hybridized carbons (Fsp3) is 0.375. The van der Waals surface area contributed by atoms with Crippen molar-refractivity contribution in [3.05, 3.63) is 40.4 Å². The summed E-state index contributed by atoms with van der Waals surface area (Å²) in [6, 6.07) is 7.90. The van der Waals surface area contributed by atoms with Crippen LogP contribution in [-0.2, 0) is 11.3 Å². The van der Waals surface area contributed by atoms with Gasteiger partial charge in [0.15, 0.2) is 0 Å². The second-order valence-electron chi connectivity index (χ2n) is 4.97. The van der Waals surface area contributed by atoms with Crippen LogP contribution in [0.5, 0.6) is 0 Å². The van der Waals surface area contributed by atoms with Crippen LogP contribution in [0.1, 0.15) is 41.2 Å². The molecule has 0 aliphatic heterocycles. The van der Waals surface area contributed by atoms with Crippen molar-refractivity contribution in [3.8, 4) is 10.6 Å². The van der Waals surface area contributed by atoms with Gasteiger partial charge in [-0.1, -0.05) is 25.1 Å². The number of carbonyl (C=O) groups is 1. The van der Waals surface area contributed by atoms with Crippen LogP contribution in [0.25, 0.3) is 10.6 Å². The first kappa shape index (κ1) is 15.7. The van der Waals surface area contributed by atoms with E-state index in [1.54, 1.807) is 6.92 Å². The summed E-state index contributed by atoms with van der Waals surface area (Å²) >= 11 is 1.21. The van der Waals surface area contributed by atoms with Gasteiger partial charge in [-0.05, 0) is 31.9 Å². The van der Waals surface area contributed by atoms with Gasteiger partial charge in [0.05, 0.1) is 18.4 Å². The van der Waals surface area contributed by atoms with Gasteiger partial charge in [-0.25, -0.2) is 9.78 Å². The Morgan fingerprint density at radius 2 is 2.24 bits per heavy atom. The Labute approximate surface area is 128 Å². The maximum Gasteiger partial charge on any atom is 0.347 e. The van der Waals surface area contributed by atoms with E-state index in [-0.39, 0.29) is 6.10 Å². The highest BCUT2D eigenvalue weighted by Crippen LogP contribution is 2.28. The smallest absolute Gasteiger partial charge is 0.347 e. The third-order valence-electron chi connectivity index (χ3n) is 3.27. The summed E-state index contributed by atoms with van der Waals surface area (Å²) in [5.41, 5.74) is 2.56. The molecule has 0 fully saturated rings. The molecular weight excluding hydrogens is 286 g/mol. The summed E-state index contributed by atoms with van der Waals surface area (Å²) in [6.45, 7) is 6.42. The fourth-order valence-electron chi connectivity index (χ4n) is 1.87. The summed E-state index contributed by atoms with van der Waals surface area (Å²) in [4.78, 5) is 15.7. The molecule has 0 aliphatic rings. The molecule has 0 saturated heterocycles. The molecule has 0 bridgehead atoms. The number of aromatic nitrogens is 1. The zero-order valence-corrected chi connectivity index (χ0v) is 13.2. The van der Waals surface area contributed by atoms with Gasteiger partial charge in [-0.2, -0.15) is 0 Å². The Bertz CT molecular complexity index is 636. The molecule has 1 aromatic carbocycles. The lowest BCUT2D eigenvalue weighted by atomic mass is 10.1. The molecule has 1 N–H and O–H groups in total. The number of nitrogens with zero attached hydrogens (tertiary/aromatic N) is 1. The number of rotatable bonds is 6. The van der Waals surface area contributed by atoms with Crippen LogP contribution in [0.4, 0.5) is 0 Å². The van der Waals surface area contributed by atoms with Gasteiger partial charge in [0.2, 0.25) is 0 Å². The summed E-state index contributed by atoms with van der Waals surface area (Å²) < 4.78 is 5.72. The fourth-order valence-corrected chi connectivity index (χ4v) is 2.77. The molecule has 4 nitrogen and oxygen atoms in total. The van der Waals surface area contributed by atoms with Gasteiger partial charge in [-0.15, -0.1) is 11.3 Å². The van der Waals surface area contributed by atoms with Crippen molar-refractivity contribution in [2.45, 2.75) is 39.9 Å². The maximum atomic E-state index is 11.1. The topological polar surface area (TPSA) is 59.4 Å². The van der Waals surface area contributed by atoms with Crippen LogP contribution in [-0.4, -0.2) is 22.2 Å². The van der Waals surface area contributed by atoms with E-state index in [1.165, 1.54) is 11.3 Å². The van der Waals surface area contributed by atoms with E-state index in [1.807, 2.05) is 31.2 Å². The second-order valence-corrected chi connectivity index (χ2v) is 5.97. The van der Waals surface area contributed by atoms with E-state index >= 15 is 0 Å². The van der Waals surface area contributed by atoms with Gasteiger partial charge in [0.25, 0.3) is 0 Å². The van der Waals surface area contributed by atoms with Crippen molar-refractivity contribution in [1.29, 1.82) is 0 Å². The minimum Gasteiger partial charge on any atom is -0.477 e. The van der Waals surface area contributed by atoms with E-state index in [2.05, 4.69) is 11.9 Å². The van der Waals surface area contributed by atoms with Crippen LogP contribution in [0.15, 0.2) is 24.3 Å². The number of aryl methyl sites for hydroxylation is 1. The third kappa shape index (κ3) is 3.89. The van der Waals surface area contributed by atoms with Crippen molar-refractivity contribution in [1.82, 2.24) is 4.98 Å². The lowest BCUT2D eigenvalue weighted by Crippen LogP contribution is -2.05. The largest absolute Gasteiger partial charge is 0.477 e. The number of aromatic carboxylic acids is 1. The van der Waals surface area contributed by atoms with Crippen molar-refractivity contribution < 1.29 is 14.6 Å². The lowest BCUT2D eigenvalue weighted by Gasteiger charge is -2.10. The Morgan fingerprint density at radius 3 is 2.86 bits per heavy atom. The Kier molecular flexibility index (Phi) is 5.09. The molecule has 5 heteroatoms. The average molecular weight is 305 g/mol. The first-order valence-electron chi connectivity index (χ1n) is 6.93. The minimum atomic E-state index is -0.924. The molecule has 1 unspecified atom stereocenters. The normalized spacial score (nSPS) is 12.3. The Balaban J connectivity index is 2.21. The molecule has 0 spiro atoms. The van der Waals surface area contributed by atoms with Gasteiger partial charge in [0.1, 0.15) is 9.88 Å². The van der Waals surface area contributed by atoms with Crippen LogP contribution in [0.3, 0.4) is 0 Å². The van der Waals surface area contributed by atoms with Gasteiger partial charge < -0.3 is 9.84 Å². The van der Waals surface area contributed by atoms with Crippen molar-refractivity contribution in [3.63, 3.8) is 0 Å². The average Bonchev–Trinajstić information content (AvgIpc) is 2.87. The van der Waals surface area contributed by atoms with E-state index in [0.717, 1.165) is 22.6 Å². The summed E-state index contributed by atoms with van der Waals surface area (Å²) in [5, 5.41) is 9.84. The SMILES string of the molecule is CCC(C)OCc1cccc(-c2nc(C)c(C(=O)O)s2)c1. The molecule has 2 rings (SSSR count). The minimum absolute atomic E-state index is 0.231. The van der Waals surface area contributed by atoms with E-state index < -0.39 is 5.97 Å².